The molecule has 0 aromatic carbocycles. The Kier molecular flexibility index (Phi) is 2.78. The number of aromatic nitrogens is 2. The zero-order valence-electron chi connectivity index (χ0n) is 7.77. The van der Waals surface area contributed by atoms with E-state index in [2.05, 4.69) is 5.10 Å². The van der Waals surface area contributed by atoms with Crippen molar-refractivity contribution in [3.05, 3.63) is 12.4 Å². The van der Waals surface area contributed by atoms with Crippen LogP contribution < -0.4 is 4.74 Å². The van der Waals surface area contributed by atoms with Gasteiger partial charge in [-0.3, -0.25) is 4.68 Å². The normalized spacial score (nSPS) is 22.1. The van der Waals surface area contributed by atoms with E-state index >= 15 is 0 Å². The lowest BCUT2D eigenvalue weighted by Gasteiger charge is -2.08. The lowest BCUT2D eigenvalue weighted by atomic mass is 10.3. The second-order valence-corrected chi connectivity index (χ2v) is 4.70. The molecule has 0 amide bonds. The summed E-state index contributed by atoms with van der Waals surface area (Å²) in [5.74, 6) is 2.18. The highest BCUT2D eigenvalue weighted by atomic mass is 32.2. The number of rotatable bonds is 3. The highest BCUT2D eigenvalue weighted by Crippen LogP contribution is 2.26. The first kappa shape index (κ1) is 8.94. The van der Waals surface area contributed by atoms with Gasteiger partial charge >= 0.3 is 0 Å². The van der Waals surface area contributed by atoms with E-state index in [0.717, 1.165) is 12.4 Å². The third kappa shape index (κ3) is 2.40. The molecule has 0 saturated carbocycles. The summed E-state index contributed by atoms with van der Waals surface area (Å²) in [6, 6.07) is 0. The molecule has 1 saturated heterocycles. The van der Waals surface area contributed by atoms with Crippen LogP contribution in [0.4, 0.5) is 0 Å². The van der Waals surface area contributed by atoms with Gasteiger partial charge in [0.2, 0.25) is 0 Å². The number of aryl methyl sites for hydroxylation is 1. The van der Waals surface area contributed by atoms with Crippen LogP contribution in [0.3, 0.4) is 0 Å². The van der Waals surface area contributed by atoms with Crippen LogP contribution in [0.5, 0.6) is 5.75 Å². The van der Waals surface area contributed by atoms with Crippen molar-refractivity contribution in [3.63, 3.8) is 0 Å². The van der Waals surface area contributed by atoms with E-state index in [9.17, 15) is 0 Å². The van der Waals surface area contributed by atoms with Gasteiger partial charge in [0.1, 0.15) is 6.61 Å². The van der Waals surface area contributed by atoms with Gasteiger partial charge in [0, 0.05) is 12.3 Å². The Labute approximate surface area is 82.5 Å². The quantitative estimate of drug-likeness (QED) is 0.739. The molecule has 1 atom stereocenters. The first-order valence-electron chi connectivity index (χ1n) is 4.57. The Hall–Kier alpha value is -0.640. The molecule has 0 bridgehead atoms. The number of nitrogens with zero attached hydrogens (tertiary/aromatic N) is 2. The minimum absolute atomic E-state index is 0.695. The van der Waals surface area contributed by atoms with Crippen LogP contribution in [0.25, 0.3) is 0 Å². The third-order valence-corrected chi connectivity index (χ3v) is 3.51. The molecule has 2 heterocycles. The molecule has 0 spiro atoms. The average Bonchev–Trinajstić information content (AvgIpc) is 2.71. The maximum atomic E-state index is 5.61. The zero-order chi connectivity index (χ0) is 9.10. The van der Waals surface area contributed by atoms with Crippen molar-refractivity contribution in [1.82, 2.24) is 9.78 Å². The Morgan fingerprint density at radius 3 is 3.31 bits per heavy atom. The molecular weight excluding hydrogens is 184 g/mol. The fourth-order valence-corrected chi connectivity index (χ4v) is 2.60. The molecule has 72 valence electrons. The lowest BCUT2D eigenvalue weighted by Crippen LogP contribution is -2.10. The van der Waals surface area contributed by atoms with Crippen molar-refractivity contribution in [1.29, 1.82) is 0 Å². The summed E-state index contributed by atoms with van der Waals surface area (Å²) < 4.78 is 7.37. The van der Waals surface area contributed by atoms with Crippen molar-refractivity contribution in [2.45, 2.75) is 18.1 Å². The number of thioether (sulfide) groups is 1. The van der Waals surface area contributed by atoms with Gasteiger partial charge in [0.15, 0.2) is 5.75 Å². The van der Waals surface area contributed by atoms with E-state index < -0.39 is 0 Å². The largest absolute Gasteiger partial charge is 0.489 e. The summed E-state index contributed by atoms with van der Waals surface area (Å²) in [4.78, 5) is 0. The third-order valence-electron chi connectivity index (χ3n) is 2.14. The van der Waals surface area contributed by atoms with Gasteiger partial charge in [-0.1, -0.05) is 0 Å². The first-order chi connectivity index (χ1) is 6.34. The zero-order valence-corrected chi connectivity index (χ0v) is 8.59. The molecule has 1 aliphatic rings. The van der Waals surface area contributed by atoms with E-state index in [0.29, 0.717) is 5.25 Å². The topological polar surface area (TPSA) is 27.1 Å². The molecule has 0 N–H and O–H groups in total. The highest BCUT2D eigenvalue weighted by Gasteiger charge is 2.16. The van der Waals surface area contributed by atoms with Crippen molar-refractivity contribution in [2.75, 3.05) is 12.4 Å². The lowest BCUT2D eigenvalue weighted by molar-refractivity contribution is 0.314. The van der Waals surface area contributed by atoms with Crippen LogP contribution in [0.15, 0.2) is 12.4 Å². The number of hydrogen-bond acceptors (Lipinski definition) is 3. The SMILES string of the molecule is Cn1cc(OCC2CCCS2)cn1. The van der Waals surface area contributed by atoms with Crippen molar-refractivity contribution in [3.8, 4) is 5.75 Å². The van der Waals surface area contributed by atoms with Gasteiger partial charge in [0.25, 0.3) is 0 Å². The summed E-state index contributed by atoms with van der Waals surface area (Å²) in [5, 5.41) is 4.74. The molecule has 2 rings (SSSR count). The van der Waals surface area contributed by atoms with Crippen molar-refractivity contribution < 1.29 is 4.74 Å². The minimum atomic E-state index is 0.695. The van der Waals surface area contributed by atoms with Crippen molar-refractivity contribution >= 4 is 11.8 Å². The Balaban J connectivity index is 1.78. The number of hydrogen-bond donors (Lipinski definition) is 0. The fourth-order valence-electron chi connectivity index (χ4n) is 1.44. The van der Waals surface area contributed by atoms with E-state index in [1.54, 1.807) is 10.9 Å². The van der Waals surface area contributed by atoms with Crippen LogP contribution in [0.2, 0.25) is 0 Å². The molecule has 1 aromatic heterocycles. The van der Waals surface area contributed by atoms with Crippen molar-refractivity contribution in [2.24, 2.45) is 7.05 Å². The predicted molar refractivity (Wildman–Crippen MR) is 54.2 cm³/mol. The highest BCUT2D eigenvalue weighted by molar-refractivity contribution is 8.00. The van der Waals surface area contributed by atoms with Crippen LogP contribution in [-0.4, -0.2) is 27.4 Å². The van der Waals surface area contributed by atoms with Gasteiger partial charge < -0.3 is 4.74 Å². The van der Waals surface area contributed by atoms with E-state index in [1.165, 1.54) is 18.6 Å². The number of ether oxygens (including phenoxy) is 1. The maximum Gasteiger partial charge on any atom is 0.157 e. The molecule has 3 nitrogen and oxygen atoms in total. The maximum absolute atomic E-state index is 5.61. The average molecular weight is 198 g/mol. The van der Waals surface area contributed by atoms with Crippen LogP contribution in [0.1, 0.15) is 12.8 Å². The summed E-state index contributed by atoms with van der Waals surface area (Å²) in [5.41, 5.74) is 0. The standard InChI is InChI=1S/C9H14N2OS/c1-11-6-8(5-10-11)12-7-9-3-2-4-13-9/h5-6,9H,2-4,7H2,1H3. The molecule has 13 heavy (non-hydrogen) atoms. The first-order valence-corrected chi connectivity index (χ1v) is 5.62. The smallest absolute Gasteiger partial charge is 0.157 e. The Bertz CT molecular complexity index is 268. The molecule has 1 aromatic rings. The van der Waals surface area contributed by atoms with E-state index in [4.69, 9.17) is 4.74 Å². The van der Waals surface area contributed by atoms with E-state index in [-0.39, 0.29) is 0 Å². The summed E-state index contributed by atoms with van der Waals surface area (Å²) in [6.45, 7) is 0.830. The van der Waals surface area contributed by atoms with Crippen LogP contribution >= 0.6 is 11.8 Å². The van der Waals surface area contributed by atoms with Crippen LogP contribution in [-0.2, 0) is 7.05 Å². The Morgan fingerprint density at radius 2 is 2.69 bits per heavy atom. The molecular formula is C9H14N2OS. The molecule has 0 aliphatic carbocycles. The van der Waals surface area contributed by atoms with E-state index in [1.807, 2.05) is 25.0 Å². The minimum Gasteiger partial charge on any atom is -0.489 e. The molecule has 4 heteroatoms. The van der Waals surface area contributed by atoms with Crippen LogP contribution in [0, 0.1) is 0 Å². The van der Waals surface area contributed by atoms with Gasteiger partial charge in [-0.05, 0) is 18.6 Å². The molecule has 1 unspecified atom stereocenters. The molecule has 1 aliphatic heterocycles. The van der Waals surface area contributed by atoms with Gasteiger partial charge in [-0.2, -0.15) is 16.9 Å². The second-order valence-electron chi connectivity index (χ2n) is 3.30. The predicted octanol–water partition coefficient (Wildman–Crippen LogP) is 1.69. The molecule has 1 fully saturated rings. The van der Waals surface area contributed by atoms with Gasteiger partial charge in [0.05, 0.1) is 12.4 Å². The van der Waals surface area contributed by atoms with Gasteiger partial charge in [-0.15, -0.1) is 0 Å². The monoisotopic (exact) mass is 198 g/mol. The Morgan fingerprint density at radius 1 is 1.77 bits per heavy atom. The van der Waals surface area contributed by atoms with Gasteiger partial charge in [-0.25, -0.2) is 0 Å². The second kappa shape index (κ2) is 4.05. The molecule has 0 radical (unpaired) electrons. The fraction of sp³-hybridized carbons (Fsp3) is 0.667. The summed E-state index contributed by atoms with van der Waals surface area (Å²) >= 11 is 2.02. The summed E-state index contributed by atoms with van der Waals surface area (Å²) in [6.07, 6.45) is 6.30. The summed E-state index contributed by atoms with van der Waals surface area (Å²) in [7, 11) is 1.90.